The molecule has 2 rings (SSSR count). The van der Waals surface area contributed by atoms with Crippen LogP contribution in [0.15, 0.2) is 48.5 Å². The van der Waals surface area contributed by atoms with E-state index >= 15 is 0 Å². The number of nitrogens with one attached hydrogen (secondary N) is 1. The van der Waals surface area contributed by atoms with Crippen LogP contribution in [0, 0.1) is 0 Å². The highest BCUT2D eigenvalue weighted by Crippen LogP contribution is 2.17. The van der Waals surface area contributed by atoms with Gasteiger partial charge in [-0.2, -0.15) is 0 Å². The molecule has 0 saturated carbocycles. The van der Waals surface area contributed by atoms with Gasteiger partial charge in [0.1, 0.15) is 5.75 Å². The van der Waals surface area contributed by atoms with Crippen LogP contribution < -0.4 is 15.8 Å². The van der Waals surface area contributed by atoms with Gasteiger partial charge in [0.15, 0.2) is 6.61 Å². The van der Waals surface area contributed by atoms with Crippen molar-refractivity contribution in [2.45, 2.75) is 13.0 Å². The molecule has 0 aliphatic carbocycles. The van der Waals surface area contributed by atoms with Crippen LogP contribution in [0.1, 0.15) is 28.9 Å². The maximum atomic E-state index is 12.2. The van der Waals surface area contributed by atoms with E-state index in [1.165, 1.54) is 0 Å². The van der Waals surface area contributed by atoms with Gasteiger partial charge >= 0.3 is 0 Å². The molecule has 5 nitrogen and oxygen atoms in total. The fourth-order valence-corrected chi connectivity index (χ4v) is 2.10. The van der Waals surface area contributed by atoms with Crippen molar-refractivity contribution >= 4 is 23.4 Å². The standard InChI is InChI=1S/C17H17ClN2O3/c1-11(12-2-6-14(18)7-3-12)20-17(22)13-4-8-15(9-5-13)23-10-16(19)21/h2-9,11H,10H2,1H3,(H2,19,21)(H,20,22). The second-order valence-electron chi connectivity index (χ2n) is 5.03. The molecule has 3 N–H and O–H groups in total. The van der Waals surface area contributed by atoms with Gasteiger partial charge in [0.05, 0.1) is 6.04 Å². The quantitative estimate of drug-likeness (QED) is 0.853. The molecule has 2 aromatic rings. The summed E-state index contributed by atoms with van der Waals surface area (Å²) < 4.78 is 5.15. The van der Waals surface area contributed by atoms with Crippen molar-refractivity contribution in [1.82, 2.24) is 5.32 Å². The Balaban J connectivity index is 1.97. The molecule has 2 amide bonds. The molecule has 0 saturated heterocycles. The average Bonchev–Trinajstić information content (AvgIpc) is 2.54. The molecule has 0 bridgehead atoms. The predicted molar refractivity (Wildman–Crippen MR) is 88.5 cm³/mol. The minimum Gasteiger partial charge on any atom is -0.484 e. The van der Waals surface area contributed by atoms with Crippen LogP contribution in [-0.4, -0.2) is 18.4 Å². The molecule has 1 unspecified atom stereocenters. The topological polar surface area (TPSA) is 81.4 Å². The number of benzene rings is 2. The van der Waals surface area contributed by atoms with Gasteiger partial charge in [-0.25, -0.2) is 0 Å². The van der Waals surface area contributed by atoms with Crippen LogP contribution in [0.4, 0.5) is 0 Å². The molecular weight excluding hydrogens is 316 g/mol. The Morgan fingerprint density at radius 1 is 1.13 bits per heavy atom. The molecule has 1 atom stereocenters. The summed E-state index contributed by atoms with van der Waals surface area (Å²) in [5.41, 5.74) is 6.46. The number of amides is 2. The molecule has 6 heteroatoms. The number of carbonyl (C=O) groups is 2. The van der Waals surface area contributed by atoms with Gasteiger partial charge in [-0.1, -0.05) is 23.7 Å². The number of nitrogens with two attached hydrogens (primary N) is 1. The van der Waals surface area contributed by atoms with Crippen molar-refractivity contribution in [2.24, 2.45) is 5.73 Å². The third kappa shape index (κ3) is 5.00. The van der Waals surface area contributed by atoms with Crippen LogP contribution in [0.2, 0.25) is 5.02 Å². The lowest BCUT2D eigenvalue weighted by Crippen LogP contribution is -2.26. The van der Waals surface area contributed by atoms with E-state index in [2.05, 4.69) is 5.32 Å². The number of rotatable bonds is 6. The van der Waals surface area contributed by atoms with Gasteiger partial charge in [-0.05, 0) is 48.9 Å². The van der Waals surface area contributed by atoms with Crippen molar-refractivity contribution in [3.8, 4) is 5.75 Å². The first-order valence-electron chi connectivity index (χ1n) is 7.03. The first-order valence-corrected chi connectivity index (χ1v) is 7.41. The van der Waals surface area contributed by atoms with Crippen LogP contribution in [0.3, 0.4) is 0 Å². The highest BCUT2D eigenvalue weighted by atomic mass is 35.5. The SMILES string of the molecule is CC(NC(=O)c1ccc(OCC(N)=O)cc1)c1ccc(Cl)cc1. The van der Waals surface area contributed by atoms with Gasteiger partial charge in [-0.3, -0.25) is 9.59 Å². The molecule has 0 aliphatic rings. The van der Waals surface area contributed by atoms with Crippen LogP contribution in [-0.2, 0) is 4.79 Å². The third-order valence-electron chi connectivity index (χ3n) is 3.22. The molecule has 0 aromatic heterocycles. The zero-order valence-electron chi connectivity index (χ0n) is 12.6. The van der Waals surface area contributed by atoms with Gasteiger partial charge in [0.25, 0.3) is 11.8 Å². The van der Waals surface area contributed by atoms with Gasteiger partial charge < -0.3 is 15.8 Å². The number of halogens is 1. The van der Waals surface area contributed by atoms with E-state index in [1.807, 2.05) is 19.1 Å². The molecule has 0 fully saturated rings. The van der Waals surface area contributed by atoms with Gasteiger partial charge in [0.2, 0.25) is 0 Å². The zero-order valence-corrected chi connectivity index (χ0v) is 13.3. The first kappa shape index (κ1) is 16.8. The van der Waals surface area contributed by atoms with Crippen molar-refractivity contribution in [2.75, 3.05) is 6.61 Å². The highest BCUT2D eigenvalue weighted by Gasteiger charge is 2.11. The smallest absolute Gasteiger partial charge is 0.255 e. The monoisotopic (exact) mass is 332 g/mol. The van der Waals surface area contributed by atoms with E-state index in [0.29, 0.717) is 16.3 Å². The minimum absolute atomic E-state index is 0.148. The molecule has 0 radical (unpaired) electrons. The largest absolute Gasteiger partial charge is 0.484 e. The molecule has 0 heterocycles. The maximum Gasteiger partial charge on any atom is 0.255 e. The summed E-state index contributed by atoms with van der Waals surface area (Å²) in [6.45, 7) is 1.70. The van der Waals surface area contributed by atoms with Crippen molar-refractivity contribution < 1.29 is 14.3 Å². The lowest BCUT2D eigenvalue weighted by molar-refractivity contribution is -0.119. The van der Waals surface area contributed by atoms with E-state index in [9.17, 15) is 9.59 Å². The Morgan fingerprint density at radius 2 is 1.74 bits per heavy atom. The predicted octanol–water partition coefficient (Wildman–Crippen LogP) is 2.70. The molecule has 120 valence electrons. The second kappa shape index (κ2) is 7.65. The van der Waals surface area contributed by atoms with Crippen molar-refractivity contribution in [3.63, 3.8) is 0 Å². The molecule has 23 heavy (non-hydrogen) atoms. The van der Waals surface area contributed by atoms with Gasteiger partial charge in [0, 0.05) is 10.6 Å². The Kier molecular flexibility index (Phi) is 5.60. The summed E-state index contributed by atoms with van der Waals surface area (Å²) in [6, 6.07) is 13.6. The molecule has 0 spiro atoms. The third-order valence-corrected chi connectivity index (χ3v) is 3.47. The van der Waals surface area contributed by atoms with E-state index < -0.39 is 5.91 Å². The van der Waals surface area contributed by atoms with E-state index in [4.69, 9.17) is 22.1 Å². The van der Waals surface area contributed by atoms with E-state index in [1.54, 1.807) is 36.4 Å². The van der Waals surface area contributed by atoms with E-state index in [0.717, 1.165) is 5.56 Å². The van der Waals surface area contributed by atoms with E-state index in [-0.39, 0.29) is 18.6 Å². The van der Waals surface area contributed by atoms with Gasteiger partial charge in [-0.15, -0.1) is 0 Å². The Bertz CT molecular complexity index is 684. The normalized spacial score (nSPS) is 11.6. The van der Waals surface area contributed by atoms with Crippen molar-refractivity contribution in [3.05, 3.63) is 64.7 Å². The fourth-order valence-electron chi connectivity index (χ4n) is 1.97. The van der Waals surface area contributed by atoms with Crippen LogP contribution in [0.25, 0.3) is 0 Å². The summed E-state index contributed by atoms with van der Waals surface area (Å²) in [7, 11) is 0. The summed E-state index contributed by atoms with van der Waals surface area (Å²) in [5.74, 6) is -0.274. The molecule has 0 aliphatic heterocycles. The summed E-state index contributed by atoms with van der Waals surface area (Å²) in [5, 5.41) is 3.56. The lowest BCUT2D eigenvalue weighted by Gasteiger charge is -2.14. The maximum absolute atomic E-state index is 12.2. The number of ether oxygens (including phenoxy) is 1. The summed E-state index contributed by atoms with van der Waals surface area (Å²) in [6.07, 6.45) is 0. The minimum atomic E-state index is -0.552. The lowest BCUT2D eigenvalue weighted by atomic mass is 10.1. The summed E-state index contributed by atoms with van der Waals surface area (Å²) in [4.78, 5) is 22.9. The molecule has 2 aromatic carbocycles. The average molecular weight is 333 g/mol. The number of hydrogen-bond donors (Lipinski definition) is 2. The Hall–Kier alpha value is -2.53. The van der Waals surface area contributed by atoms with Crippen LogP contribution in [0.5, 0.6) is 5.75 Å². The number of hydrogen-bond acceptors (Lipinski definition) is 3. The number of carbonyl (C=O) groups excluding carboxylic acids is 2. The number of primary amides is 1. The molecular formula is C17H17ClN2O3. The van der Waals surface area contributed by atoms with Crippen LogP contribution >= 0.6 is 11.6 Å². The Morgan fingerprint density at radius 3 is 2.30 bits per heavy atom. The second-order valence-corrected chi connectivity index (χ2v) is 5.46. The fraction of sp³-hybridized carbons (Fsp3) is 0.176. The first-order chi connectivity index (χ1) is 11.0. The van der Waals surface area contributed by atoms with Crippen molar-refractivity contribution in [1.29, 1.82) is 0 Å². The zero-order chi connectivity index (χ0) is 16.8. The highest BCUT2D eigenvalue weighted by molar-refractivity contribution is 6.30. The Labute approximate surface area is 139 Å². The summed E-state index contributed by atoms with van der Waals surface area (Å²) >= 11 is 5.85.